The van der Waals surface area contributed by atoms with Crippen LogP contribution in [0, 0.1) is 0 Å². The molecule has 4 rings (SSSR count). The Bertz CT molecular complexity index is 786. The number of ketones is 1. The molecule has 2 N–H and O–H groups in total. The standard InChI is InChI=1S/C19H19NO4/c21-16-7-6-14-18(22)17(11-13-5-4-10-23-13)24-19(14)15(16)12-20-8-2-1-3-9-20/h4-7,10-11,21H,1-3,8-9,12H2/p+1/b17-11+. The summed E-state index contributed by atoms with van der Waals surface area (Å²) in [6, 6.07) is 6.75. The number of phenols is 1. The molecule has 0 atom stereocenters. The number of allylic oxidation sites excluding steroid dienone is 1. The van der Waals surface area contributed by atoms with Crippen molar-refractivity contribution in [1.29, 1.82) is 0 Å². The van der Waals surface area contributed by atoms with Crippen LogP contribution in [0.1, 0.15) is 40.9 Å². The highest BCUT2D eigenvalue weighted by atomic mass is 16.5. The molecule has 1 fully saturated rings. The number of quaternary nitrogens is 1. The second-order valence-corrected chi connectivity index (χ2v) is 6.38. The van der Waals surface area contributed by atoms with E-state index < -0.39 is 0 Å². The summed E-state index contributed by atoms with van der Waals surface area (Å²) in [7, 11) is 0. The maximum atomic E-state index is 12.6. The molecule has 0 radical (unpaired) electrons. The lowest BCUT2D eigenvalue weighted by Crippen LogP contribution is -3.11. The summed E-state index contributed by atoms with van der Waals surface area (Å²) in [5, 5.41) is 10.3. The quantitative estimate of drug-likeness (QED) is 0.849. The normalized spacial score (nSPS) is 19.5. The van der Waals surface area contributed by atoms with Gasteiger partial charge < -0.3 is 19.2 Å². The van der Waals surface area contributed by atoms with Crippen molar-refractivity contribution in [2.24, 2.45) is 0 Å². The van der Waals surface area contributed by atoms with Crippen molar-refractivity contribution in [3.8, 4) is 11.5 Å². The zero-order valence-corrected chi connectivity index (χ0v) is 13.4. The van der Waals surface area contributed by atoms with Gasteiger partial charge in [0.25, 0.3) is 0 Å². The molecule has 0 aliphatic carbocycles. The van der Waals surface area contributed by atoms with E-state index in [1.165, 1.54) is 24.2 Å². The molecule has 5 nitrogen and oxygen atoms in total. The number of aromatic hydroxyl groups is 1. The van der Waals surface area contributed by atoms with Gasteiger partial charge in [0.15, 0.2) is 11.5 Å². The van der Waals surface area contributed by atoms with E-state index in [0.717, 1.165) is 18.7 Å². The van der Waals surface area contributed by atoms with Gasteiger partial charge in [-0.1, -0.05) is 0 Å². The molecule has 2 aliphatic rings. The van der Waals surface area contributed by atoms with E-state index in [4.69, 9.17) is 9.15 Å². The van der Waals surface area contributed by atoms with E-state index in [1.807, 2.05) is 0 Å². The summed E-state index contributed by atoms with van der Waals surface area (Å²) in [4.78, 5) is 14.0. The van der Waals surface area contributed by atoms with Crippen LogP contribution in [0.15, 0.2) is 40.7 Å². The van der Waals surface area contributed by atoms with E-state index in [0.29, 0.717) is 23.6 Å². The van der Waals surface area contributed by atoms with Gasteiger partial charge in [0, 0.05) is 6.08 Å². The number of hydrogen-bond acceptors (Lipinski definition) is 4. The zero-order valence-electron chi connectivity index (χ0n) is 13.4. The van der Waals surface area contributed by atoms with Crippen molar-refractivity contribution in [2.75, 3.05) is 13.1 Å². The Morgan fingerprint density at radius 1 is 1.17 bits per heavy atom. The van der Waals surface area contributed by atoms with E-state index in [2.05, 4.69) is 0 Å². The number of likely N-dealkylation sites (tertiary alicyclic amines) is 1. The number of phenolic OH excluding ortho intramolecular Hbond substituents is 1. The van der Waals surface area contributed by atoms with Crippen LogP contribution in [-0.4, -0.2) is 24.0 Å². The number of Topliss-reactive ketones (excluding diaryl/α,β-unsaturated/α-hetero) is 1. The molecule has 0 unspecified atom stereocenters. The average molecular weight is 326 g/mol. The van der Waals surface area contributed by atoms with Crippen LogP contribution < -0.4 is 9.64 Å². The Morgan fingerprint density at radius 3 is 2.75 bits per heavy atom. The second kappa shape index (κ2) is 6.17. The third kappa shape index (κ3) is 2.71. The lowest BCUT2D eigenvalue weighted by atomic mass is 10.0. The molecule has 1 saturated heterocycles. The molecule has 5 heteroatoms. The number of carbonyl (C=O) groups is 1. The molecule has 3 heterocycles. The topological polar surface area (TPSA) is 64.1 Å². The molecule has 2 aromatic rings. The number of rotatable bonds is 3. The maximum absolute atomic E-state index is 12.6. The van der Waals surface area contributed by atoms with Gasteiger partial charge in [-0.05, 0) is 43.5 Å². The molecule has 0 bridgehead atoms. The zero-order chi connectivity index (χ0) is 16.5. The number of nitrogens with one attached hydrogen (secondary N) is 1. The lowest BCUT2D eigenvalue weighted by Gasteiger charge is -2.24. The van der Waals surface area contributed by atoms with Gasteiger partial charge in [0.05, 0.1) is 30.5 Å². The van der Waals surface area contributed by atoms with Gasteiger partial charge in [-0.25, -0.2) is 0 Å². The van der Waals surface area contributed by atoms with Crippen LogP contribution in [0.4, 0.5) is 0 Å². The second-order valence-electron chi connectivity index (χ2n) is 6.38. The van der Waals surface area contributed by atoms with E-state index in [1.54, 1.807) is 36.6 Å². The van der Waals surface area contributed by atoms with E-state index in [-0.39, 0.29) is 17.3 Å². The Balaban J connectivity index is 1.66. The van der Waals surface area contributed by atoms with Crippen LogP contribution in [-0.2, 0) is 6.54 Å². The van der Waals surface area contributed by atoms with Crippen molar-refractivity contribution in [3.05, 3.63) is 53.2 Å². The molecule has 1 aromatic heterocycles. The van der Waals surface area contributed by atoms with Gasteiger partial charge >= 0.3 is 0 Å². The first kappa shape index (κ1) is 15.0. The van der Waals surface area contributed by atoms with Crippen LogP contribution in [0.2, 0.25) is 0 Å². The monoisotopic (exact) mass is 326 g/mol. The lowest BCUT2D eigenvalue weighted by molar-refractivity contribution is -0.918. The van der Waals surface area contributed by atoms with Crippen molar-refractivity contribution >= 4 is 11.9 Å². The SMILES string of the molecule is O=C1/C(=C\c2ccco2)Oc2c1ccc(O)c2C[NH+]1CCCCC1. The van der Waals surface area contributed by atoms with Crippen LogP contribution in [0.5, 0.6) is 11.5 Å². The highest BCUT2D eigenvalue weighted by Gasteiger charge is 2.33. The van der Waals surface area contributed by atoms with E-state index in [9.17, 15) is 9.90 Å². The highest BCUT2D eigenvalue weighted by molar-refractivity contribution is 6.14. The molecule has 2 aliphatic heterocycles. The van der Waals surface area contributed by atoms with Gasteiger partial charge in [-0.15, -0.1) is 0 Å². The predicted molar refractivity (Wildman–Crippen MR) is 88.0 cm³/mol. The number of hydrogen-bond donors (Lipinski definition) is 2. The smallest absolute Gasteiger partial charge is 0.232 e. The summed E-state index contributed by atoms with van der Waals surface area (Å²) in [5.74, 6) is 1.32. The Kier molecular flexibility index (Phi) is 3.86. The Hall–Kier alpha value is -2.53. The third-order valence-electron chi connectivity index (χ3n) is 4.72. The number of benzene rings is 1. The summed E-state index contributed by atoms with van der Waals surface area (Å²) in [6.45, 7) is 2.86. The molecular weight excluding hydrogens is 306 g/mol. The van der Waals surface area contributed by atoms with Crippen molar-refractivity contribution < 1.29 is 24.0 Å². The third-order valence-corrected chi connectivity index (χ3v) is 4.72. The number of piperidine rings is 1. The highest BCUT2D eigenvalue weighted by Crippen LogP contribution is 2.39. The molecule has 24 heavy (non-hydrogen) atoms. The molecule has 0 spiro atoms. The Morgan fingerprint density at radius 2 is 2.00 bits per heavy atom. The number of furan rings is 1. The summed E-state index contributed by atoms with van der Waals surface area (Å²) in [6.07, 6.45) is 6.82. The first-order chi connectivity index (χ1) is 11.7. The van der Waals surface area contributed by atoms with Crippen molar-refractivity contribution in [2.45, 2.75) is 25.8 Å². The van der Waals surface area contributed by atoms with Crippen molar-refractivity contribution in [1.82, 2.24) is 0 Å². The van der Waals surface area contributed by atoms with Crippen LogP contribution in [0.3, 0.4) is 0 Å². The largest absolute Gasteiger partial charge is 0.507 e. The average Bonchev–Trinajstić information content (AvgIpc) is 3.21. The van der Waals surface area contributed by atoms with Crippen molar-refractivity contribution in [3.63, 3.8) is 0 Å². The van der Waals surface area contributed by atoms with Crippen LogP contribution in [0.25, 0.3) is 6.08 Å². The van der Waals surface area contributed by atoms with Gasteiger partial charge in [-0.3, -0.25) is 4.79 Å². The first-order valence-electron chi connectivity index (χ1n) is 8.38. The molecule has 1 aromatic carbocycles. The number of ether oxygens (including phenoxy) is 1. The first-order valence-corrected chi connectivity index (χ1v) is 8.38. The molecule has 124 valence electrons. The summed E-state index contributed by atoms with van der Waals surface area (Å²) in [5.41, 5.74) is 1.23. The maximum Gasteiger partial charge on any atom is 0.232 e. The van der Waals surface area contributed by atoms with Gasteiger partial charge in [0.1, 0.15) is 18.1 Å². The minimum Gasteiger partial charge on any atom is -0.507 e. The minimum absolute atomic E-state index is 0.170. The fraction of sp³-hybridized carbons (Fsp3) is 0.316. The van der Waals surface area contributed by atoms with Gasteiger partial charge in [0.2, 0.25) is 5.78 Å². The molecule has 0 saturated carbocycles. The minimum atomic E-state index is -0.170. The summed E-state index contributed by atoms with van der Waals surface area (Å²) < 4.78 is 11.1. The Labute approximate surface area is 140 Å². The fourth-order valence-electron chi connectivity index (χ4n) is 3.45. The van der Waals surface area contributed by atoms with Gasteiger partial charge in [-0.2, -0.15) is 0 Å². The number of carbonyl (C=O) groups excluding carboxylic acids is 1. The van der Waals surface area contributed by atoms with Crippen LogP contribution >= 0.6 is 0 Å². The number of fused-ring (bicyclic) bond motifs is 1. The fourth-order valence-corrected chi connectivity index (χ4v) is 3.45. The molecular formula is C19H20NO4+. The van der Waals surface area contributed by atoms with E-state index >= 15 is 0 Å². The molecule has 0 amide bonds. The predicted octanol–water partition coefficient (Wildman–Crippen LogP) is 2.17. The summed E-state index contributed by atoms with van der Waals surface area (Å²) >= 11 is 0.